The van der Waals surface area contributed by atoms with Gasteiger partial charge in [0, 0.05) is 30.9 Å². The van der Waals surface area contributed by atoms with Gasteiger partial charge in [-0.1, -0.05) is 6.92 Å². The zero-order chi connectivity index (χ0) is 21.2. The zero-order valence-electron chi connectivity index (χ0n) is 15.7. The highest BCUT2D eigenvalue weighted by atomic mass is 32.2. The number of rotatable bonds is 5. The summed E-state index contributed by atoms with van der Waals surface area (Å²) in [6, 6.07) is 4.84. The number of halogens is 3. The molecule has 0 atom stereocenters. The number of aromatic amines is 1. The highest BCUT2D eigenvalue weighted by Crippen LogP contribution is 2.30. The van der Waals surface area contributed by atoms with Crippen molar-refractivity contribution in [3.8, 4) is 0 Å². The Bertz CT molecular complexity index is 1010. The molecule has 0 unspecified atom stereocenters. The summed E-state index contributed by atoms with van der Waals surface area (Å²) in [7, 11) is -3.87. The SMILES string of the molecule is CCc1cc(=O)[nH]c(NC2CCN(S(=O)(=O)c3ccc(C(F)(F)F)cc3)CC2)n1. The van der Waals surface area contributed by atoms with Gasteiger partial charge in [-0.25, -0.2) is 13.4 Å². The Balaban J connectivity index is 1.65. The largest absolute Gasteiger partial charge is 0.416 e. The van der Waals surface area contributed by atoms with Crippen molar-refractivity contribution in [3.05, 3.63) is 51.9 Å². The number of nitrogens with one attached hydrogen (secondary N) is 2. The molecule has 3 rings (SSSR count). The average molecular weight is 430 g/mol. The van der Waals surface area contributed by atoms with Crippen molar-refractivity contribution in [2.24, 2.45) is 0 Å². The van der Waals surface area contributed by atoms with E-state index in [1.54, 1.807) is 0 Å². The lowest BCUT2D eigenvalue weighted by atomic mass is 10.1. The van der Waals surface area contributed by atoms with E-state index in [1.807, 2.05) is 6.92 Å². The molecule has 1 saturated heterocycles. The summed E-state index contributed by atoms with van der Waals surface area (Å²) < 4.78 is 64.7. The van der Waals surface area contributed by atoms with Crippen molar-refractivity contribution in [3.63, 3.8) is 0 Å². The second-order valence-corrected chi connectivity index (χ2v) is 8.72. The van der Waals surface area contributed by atoms with Crippen molar-refractivity contribution >= 4 is 16.0 Å². The van der Waals surface area contributed by atoms with Gasteiger partial charge in [-0.3, -0.25) is 9.78 Å². The molecule has 29 heavy (non-hydrogen) atoms. The van der Waals surface area contributed by atoms with Crippen LogP contribution in [0.3, 0.4) is 0 Å². The lowest BCUT2D eigenvalue weighted by Gasteiger charge is -2.31. The molecular weight excluding hydrogens is 409 g/mol. The number of aryl methyl sites for hydroxylation is 1. The molecular formula is C18H21F3N4O3S. The van der Waals surface area contributed by atoms with Crippen LogP contribution in [0, 0.1) is 0 Å². The fourth-order valence-corrected chi connectivity index (χ4v) is 4.63. The maximum Gasteiger partial charge on any atom is 0.416 e. The van der Waals surface area contributed by atoms with Crippen LogP contribution in [0.1, 0.15) is 31.0 Å². The average Bonchev–Trinajstić information content (AvgIpc) is 2.67. The van der Waals surface area contributed by atoms with Crippen LogP contribution in [0.2, 0.25) is 0 Å². The Kier molecular flexibility index (Phi) is 5.99. The normalized spacial score (nSPS) is 16.7. The van der Waals surface area contributed by atoms with E-state index in [-0.39, 0.29) is 29.6 Å². The molecule has 1 aliphatic heterocycles. The molecule has 1 aliphatic rings. The van der Waals surface area contributed by atoms with Crippen molar-refractivity contribution in [1.29, 1.82) is 0 Å². The molecule has 1 fully saturated rings. The van der Waals surface area contributed by atoms with E-state index in [1.165, 1.54) is 10.4 Å². The minimum atomic E-state index is -4.52. The van der Waals surface area contributed by atoms with Gasteiger partial charge in [0.2, 0.25) is 16.0 Å². The number of nitrogens with zero attached hydrogens (tertiary/aromatic N) is 2. The Morgan fingerprint density at radius 2 is 1.83 bits per heavy atom. The summed E-state index contributed by atoms with van der Waals surface area (Å²) in [5.41, 5.74) is -0.504. The first-order valence-corrected chi connectivity index (χ1v) is 10.6. The van der Waals surface area contributed by atoms with Crippen LogP contribution in [-0.4, -0.2) is 41.8 Å². The van der Waals surface area contributed by atoms with Gasteiger partial charge < -0.3 is 5.32 Å². The number of hydrogen-bond acceptors (Lipinski definition) is 5. The fourth-order valence-electron chi connectivity index (χ4n) is 3.16. The number of piperidine rings is 1. The number of benzene rings is 1. The lowest BCUT2D eigenvalue weighted by molar-refractivity contribution is -0.137. The van der Waals surface area contributed by atoms with Crippen molar-refractivity contribution in [2.45, 2.75) is 43.3 Å². The second-order valence-electron chi connectivity index (χ2n) is 6.78. The van der Waals surface area contributed by atoms with Crippen LogP contribution in [0.15, 0.2) is 40.0 Å². The summed E-state index contributed by atoms with van der Waals surface area (Å²) in [4.78, 5) is 18.4. The number of alkyl halides is 3. The van der Waals surface area contributed by atoms with Crippen molar-refractivity contribution < 1.29 is 21.6 Å². The predicted octanol–water partition coefficient (Wildman–Crippen LogP) is 2.62. The second kappa shape index (κ2) is 8.15. The van der Waals surface area contributed by atoms with Gasteiger partial charge in [-0.15, -0.1) is 0 Å². The molecule has 7 nitrogen and oxygen atoms in total. The first kappa shape index (κ1) is 21.3. The molecule has 2 aromatic rings. The van der Waals surface area contributed by atoms with E-state index in [4.69, 9.17) is 0 Å². The van der Waals surface area contributed by atoms with Crippen LogP contribution in [0.5, 0.6) is 0 Å². The van der Waals surface area contributed by atoms with E-state index in [9.17, 15) is 26.4 Å². The monoisotopic (exact) mass is 430 g/mol. The Morgan fingerprint density at radius 1 is 1.21 bits per heavy atom. The number of aromatic nitrogens is 2. The van der Waals surface area contributed by atoms with Gasteiger partial charge in [-0.2, -0.15) is 17.5 Å². The van der Waals surface area contributed by atoms with Crippen molar-refractivity contribution in [2.75, 3.05) is 18.4 Å². The van der Waals surface area contributed by atoms with Crippen LogP contribution >= 0.6 is 0 Å². The van der Waals surface area contributed by atoms with Gasteiger partial charge in [0.25, 0.3) is 5.56 Å². The molecule has 0 radical (unpaired) electrons. The highest BCUT2D eigenvalue weighted by molar-refractivity contribution is 7.89. The van der Waals surface area contributed by atoms with Crippen LogP contribution < -0.4 is 10.9 Å². The molecule has 0 amide bonds. The summed E-state index contributed by atoms with van der Waals surface area (Å²) >= 11 is 0. The van der Waals surface area contributed by atoms with Gasteiger partial charge in [0.15, 0.2) is 0 Å². The van der Waals surface area contributed by atoms with Gasteiger partial charge in [-0.05, 0) is 43.5 Å². The topological polar surface area (TPSA) is 95.2 Å². The maximum absolute atomic E-state index is 12.7. The minimum Gasteiger partial charge on any atom is -0.353 e. The molecule has 11 heteroatoms. The third kappa shape index (κ3) is 4.96. The predicted molar refractivity (Wildman–Crippen MR) is 101 cm³/mol. The lowest BCUT2D eigenvalue weighted by Crippen LogP contribution is -2.42. The Labute approximate surface area is 166 Å². The van der Waals surface area contributed by atoms with E-state index in [0.717, 1.165) is 24.3 Å². The summed E-state index contributed by atoms with van der Waals surface area (Å²) in [5, 5.41) is 3.12. The first-order valence-electron chi connectivity index (χ1n) is 9.14. The summed E-state index contributed by atoms with van der Waals surface area (Å²) in [6.45, 7) is 2.30. The first-order chi connectivity index (χ1) is 13.6. The third-order valence-electron chi connectivity index (χ3n) is 4.77. The molecule has 0 spiro atoms. The van der Waals surface area contributed by atoms with Crippen LogP contribution in [0.25, 0.3) is 0 Å². The third-order valence-corrected chi connectivity index (χ3v) is 6.68. The van der Waals surface area contributed by atoms with E-state index in [2.05, 4.69) is 15.3 Å². The number of anilines is 1. The van der Waals surface area contributed by atoms with Crippen molar-refractivity contribution in [1.82, 2.24) is 14.3 Å². The molecule has 158 valence electrons. The molecule has 0 saturated carbocycles. The Morgan fingerprint density at radius 3 is 2.38 bits per heavy atom. The Hall–Kier alpha value is -2.40. The summed E-state index contributed by atoms with van der Waals surface area (Å²) in [5.74, 6) is 0.346. The van der Waals surface area contributed by atoms with E-state index >= 15 is 0 Å². The molecule has 0 bridgehead atoms. The van der Waals surface area contributed by atoms with Gasteiger partial charge >= 0.3 is 6.18 Å². The standard InChI is InChI=1S/C18H21F3N4O3S/c1-2-13-11-16(26)24-17(22-13)23-14-7-9-25(10-8-14)29(27,28)15-5-3-12(4-6-15)18(19,20)21/h3-6,11,14H,2,7-10H2,1H3,(H2,22,23,24,26). The van der Waals surface area contributed by atoms with Gasteiger partial charge in [0.05, 0.1) is 10.5 Å². The van der Waals surface area contributed by atoms with Crippen LogP contribution in [0.4, 0.5) is 19.1 Å². The number of H-pyrrole nitrogens is 1. The molecule has 1 aromatic carbocycles. The molecule has 2 N–H and O–H groups in total. The van der Waals surface area contributed by atoms with E-state index in [0.29, 0.717) is 30.9 Å². The smallest absolute Gasteiger partial charge is 0.353 e. The van der Waals surface area contributed by atoms with Gasteiger partial charge in [0.1, 0.15) is 0 Å². The summed E-state index contributed by atoms with van der Waals surface area (Å²) in [6.07, 6.45) is -2.96. The zero-order valence-corrected chi connectivity index (χ0v) is 16.5. The molecule has 2 heterocycles. The number of sulfonamides is 1. The van der Waals surface area contributed by atoms with Crippen LogP contribution in [-0.2, 0) is 22.6 Å². The van der Waals surface area contributed by atoms with E-state index < -0.39 is 21.8 Å². The highest BCUT2D eigenvalue weighted by Gasteiger charge is 2.33. The fraction of sp³-hybridized carbons (Fsp3) is 0.444. The molecule has 1 aromatic heterocycles. The quantitative estimate of drug-likeness (QED) is 0.761. The maximum atomic E-state index is 12.7. The molecule has 0 aliphatic carbocycles. The minimum absolute atomic E-state index is 0.0793. The number of hydrogen-bond donors (Lipinski definition) is 2.